The second kappa shape index (κ2) is 10.6. The summed E-state index contributed by atoms with van der Waals surface area (Å²) in [4.78, 5) is 10.5. The van der Waals surface area contributed by atoms with E-state index in [2.05, 4.69) is 15.7 Å². The van der Waals surface area contributed by atoms with Gasteiger partial charge >= 0.3 is 16.5 Å². The predicted octanol–water partition coefficient (Wildman–Crippen LogP) is 1.46. The standard InChI is InChI=1S/C6H6.C5H7NO4S/c1-2-4-6-5-3-1;1-2-3-10-5(7)4-6-11(8)9/h1-6H;2H,1,3-4H2. The van der Waals surface area contributed by atoms with E-state index in [1.54, 1.807) is 0 Å². The van der Waals surface area contributed by atoms with Crippen molar-refractivity contribution in [2.24, 2.45) is 4.36 Å². The lowest BCUT2D eigenvalue weighted by molar-refractivity contribution is -0.140. The fraction of sp³-hybridized carbons (Fsp3) is 0.182. The van der Waals surface area contributed by atoms with Gasteiger partial charge in [0, 0.05) is 0 Å². The van der Waals surface area contributed by atoms with E-state index in [1.165, 1.54) is 6.08 Å². The number of ether oxygens (including phenoxy) is 1. The molecule has 1 rings (SSSR count). The van der Waals surface area contributed by atoms with E-state index in [4.69, 9.17) is 0 Å². The van der Waals surface area contributed by atoms with Crippen molar-refractivity contribution in [1.82, 2.24) is 0 Å². The van der Waals surface area contributed by atoms with E-state index in [0.717, 1.165) is 0 Å². The van der Waals surface area contributed by atoms with Crippen LogP contribution in [-0.2, 0) is 20.0 Å². The summed E-state index contributed by atoms with van der Waals surface area (Å²) in [5, 5.41) is 0. The van der Waals surface area contributed by atoms with Crippen LogP contribution in [0.4, 0.5) is 0 Å². The van der Waals surface area contributed by atoms with Gasteiger partial charge in [0.05, 0.1) is 0 Å². The van der Waals surface area contributed by atoms with Gasteiger partial charge in [0.1, 0.15) is 6.61 Å². The first-order chi connectivity index (χ1) is 8.16. The second-order valence-corrected chi connectivity index (χ2v) is 3.32. The summed E-state index contributed by atoms with van der Waals surface area (Å²) in [5.74, 6) is -0.686. The van der Waals surface area contributed by atoms with Gasteiger partial charge in [-0.15, -0.1) is 0 Å². The minimum atomic E-state index is -2.54. The van der Waals surface area contributed by atoms with Crippen LogP contribution >= 0.6 is 0 Å². The van der Waals surface area contributed by atoms with Gasteiger partial charge in [-0.1, -0.05) is 49.1 Å². The largest absolute Gasteiger partial charge is 0.460 e. The molecule has 0 unspecified atom stereocenters. The molecule has 0 N–H and O–H groups in total. The number of hydrogen-bond donors (Lipinski definition) is 0. The smallest absolute Gasteiger partial charge is 0.329 e. The predicted molar refractivity (Wildman–Crippen MR) is 63.8 cm³/mol. The molecule has 0 aromatic heterocycles. The van der Waals surface area contributed by atoms with Crippen molar-refractivity contribution in [1.29, 1.82) is 0 Å². The molecule has 0 aliphatic heterocycles. The maximum absolute atomic E-state index is 10.5. The Hall–Kier alpha value is -1.95. The highest BCUT2D eigenvalue weighted by atomic mass is 32.2. The molecule has 0 atom stereocenters. The maximum Gasteiger partial charge on any atom is 0.329 e. The van der Waals surface area contributed by atoms with Gasteiger partial charge in [-0.05, 0) is 0 Å². The summed E-state index contributed by atoms with van der Waals surface area (Å²) >= 11 is 0. The zero-order chi connectivity index (χ0) is 12.9. The third-order valence-electron chi connectivity index (χ3n) is 1.33. The molecule has 1 aromatic rings. The number of rotatable bonds is 4. The van der Waals surface area contributed by atoms with Gasteiger partial charge in [-0.3, -0.25) is 0 Å². The molecular formula is C11H13NO4S. The summed E-state index contributed by atoms with van der Waals surface area (Å²) < 4.78 is 26.9. The average Bonchev–Trinajstić information content (AvgIpc) is 2.36. The van der Waals surface area contributed by atoms with Crippen molar-refractivity contribution < 1.29 is 17.9 Å². The molecule has 17 heavy (non-hydrogen) atoms. The number of carbonyl (C=O) groups excluding carboxylic acids is 1. The summed E-state index contributed by atoms with van der Waals surface area (Å²) in [5.41, 5.74) is 0. The van der Waals surface area contributed by atoms with Crippen LogP contribution in [0, 0.1) is 0 Å². The first-order valence-electron chi connectivity index (χ1n) is 4.70. The molecule has 0 radical (unpaired) electrons. The zero-order valence-corrected chi connectivity index (χ0v) is 9.97. The molecule has 0 spiro atoms. The van der Waals surface area contributed by atoms with E-state index in [9.17, 15) is 13.2 Å². The topological polar surface area (TPSA) is 72.8 Å². The van der Waals surface area contributed by atoms with Crippen LogP contribution in [0.1, 0.15) is 0 Å². The zero-order valence-electron chi connectivity index (χ0n) is 9.15. The van der Waals surface area contributed by atoms with Crippen LogP contribution in [0.2, 0.25) is 0 Å². The molecule has 0 bridgehead atoms. The van der Waals surface area contributed by atoms with Gasteiger partial charge in [0.2, 0.25) is 0 Å². The van der Waals surface area contributed by atoms with Gasteiger partial charge in [0.25, 0.3) is 0 Å². The number of benzene rings is 1. The Morgan fingerprint density at radius 1 is 1.18 bits per heavy atom. The number of esters is 1. The molecule has 0 aliphatic carbocycles. The van der Waals surface area contributed by atoms with Crippen molar-refractivity contribution >= 4 is 16.5 Å². The molecular weight excluding hydrogens is 242 g/mol. The average molecular weight is 255 g/mol. The molecule has 0 amide bonds. The fourth-order valence-electron chi connectivity index (χ4n) is 0.688. The summed E-state index contributed by atoms with van der Waals surface area (Å²) in [7, 11) is -2.54. The van der Waals surface area contributed by atoms with Crippen LogP contribution < -0.4 is 0 Å². The number of nitrogens with zero attached hydrogens (tertiary/aromatic N) is 1. The molecule has 6 heteroatoms. The van der Waals surface area contributed by atoms with Crippen molar-refractivity contribution in [2.45, 2.75) is 0 Å². The lowest BCUT2D eigenvalue weighted by Gasteiger charge is -1.94. The molecule has 0 fully saturated rings. The number of carbonyl (C=O) groups is 1. The highest BCUT2D eigenvalue weighted by molar-refractivity contribution is 7.61. The lowest BCUT2D eigenvalue weighted by Crippen LogP contribution is -2.07. The number of hydrogen-bond acceptors (Lipinski definition) is 5. The maximum atomic E-state index is 10.5. The highest BCUT2D eigenvalue weighted by Gasteiger charge is 1.97. The first-order valence-corrected chi connectivity index (χ1v) is 5.73. The van der Waals surface area contributed by atoms with E-state index in [-0.39, 0.29) is 6.61 Å². The Bertz CT molecular complexity index is 419. The van der Waals surface area contributed by atoms with Gasteiger partial charge in [0.15, 0.2) is 6.54 Å². The van der Waals surface area contributed by atoms with E-state index in [1.807, 2.05) is 36.4 Å². The fourth-order valence-corrected chi connectivity index (χ4v) is 0.899. The van der Waals surface area contributed by atoms with E-state index in [0.29, 0.717) is 0 Å². The monoisotopic (exact) mass is 255 g/mol. The quantitative estimate of drug-likeness (QED) is 0.603. The summed E-state index contributed by atoms with van der Waals surface area (Å²) in [6.45, 7) is 2.90. The first kappa shape index (κ1) is 15.0. The van der Waals surface area contributed by atoms with Crippen LogP contribution in [0.5, 0.6) is 0 Å². The summed E-state index contributed by atoms with van der Waals surface area (Å²) in [6, 6.07) is 12.0. The molecule has 92 valence electrons. The van der Waals surface area contributed by atoms with Gasteiger partial charge in [-0.25, -0.2) is 4.79 Å². The lowest BCUT2D eigenvalue weighted by atomic mass is 10.4. The third-order valence-corrected chi connectivity index (χ3v) is 1.67. The minimum absolute atomic E-state index is 0.0693. The molecule has 1 aromatic carbocycles. The Morgan fingerprint density at radius 2 is 1.65 bits per heavy atom. The second-order valence-electron chi connectivity index (χ2n) is 2.63. The van der Waals surface area contributed by atoms with Crippen LogP contribution in [-0.4, -0.2) is 27.5 Å². The van der Waals surface area contributed by atoms with Crippen LogP contribution in [0.15, 0.2) is 53.4 Å². The Kier molecular flexibility index (Phi) is 9.35. The molecule has 0 saturated carbocycles. The summed E-state index contributed by atoms with van der Waals surface area (Å²) in [6.07, 6.45) is 1.38. The third kappa shape index (κ3) is 12.0. The molecule has 5 nitrogen and oxygen atoms in total. The van der Waals surface area contributed by atoms with E-state index < -0.39 is 23.0 Å². The normalized spacial score (nSPS) is 8.24. The molecule has 0 heterocycles. The molecule has 0 aliphatic rings. The van der Waals surface area contributed by atoms with Crippen LogP contribution in [0.25, 0.3) is 0 Å². The van der Waals surface area contributed by atoms with Crippen LogP contribution in [0.3, 0.4) is 0 Å². The van der Waals surface area contributed by atoms with Crippen molar-refractivity contribution in [3.05, 3.63) is 49.1 Å². The van der Waals surface area contributed by atoms with E-state index >= 15 is 0 Å². The Balaban J connectivity index is 0.000000354. The SMILES string of the molecule is C=CCOC(=O)CN=S(=O)=O.c1ccccc1. The highest BCUT2D eigenvalue weighted by Crippen LogP contribution is 1.80. The van der Waals surface area contributed by atoms with Crippen molar-refractivity contribution in [3.8, 4) is 0 Å². The Labute approximate surface area is 101 Å². The van der Waals surface area contributed by atoms with Crippen molar-refractivity contribution in [2.75, 3.05) is 13.2 Å². The minimum Gasteiger partial charge on any atom is -0.460 e. The molecule has 0 saturated heterocycles. The van der Waals surface area contributed by atoms with Gasteiger partial charge in [-0.2, -0.15) is 12.8 Å². The Morgan fingerprint density at radius 3 is 2.00 bits per heavy atom. The van der Waals surface area contributed by atoms with Crippen molar-refractivity contribution in [3.63, 3.8) is 0 Å². The van der Waals surface area contributed by atoms with Gasteiger partial charge < -0.3 is 4.74 Å².